The first kappa shape index (κ1) is 17.2. The number of H-pyrrole nitrogens is 1. The number of nitrogens with one attached hydrogen (secondary N) is 2. The predicted octanol–water partition coefficient (Wildman–Crippen LogP) is 1.48. The van der Waals surface area contributed by atoms with E-state index < -0.39 is 0 Å². The van der Waals surface area contributed by atoms with Crippen molar-refractivity contribution in [3.05, 3.63) is 35.0 Å². The van der Waals surface area contributed by atoms with Gasteiger partial charge in [0.25, 0.3) is 5.91 Å². The first-order valence-corrected chi connectivity index (χ1v) is 9.41. The highest BCUT2D eigenvalue weighted by molar-refractivity contribution is 5.95. The predicted molar refractivity (Wildman–Crippen MR) is 95.6 cm³/mol. The number of rotatable bonds is 4. The van der Waals surface area contributed by atoms with Crippen LogP contribution < -0.4 is 5.32 Å². The largest absolute Gasteiger partial charge is 0.361 e. The van der Waals surface area contributed by atoms with Crippen molar-refractivity contribution in [2.45, 2.75) is 38.8 Å². The Morgan fingerprint density at radius 1 is 1.31 bits per heavy atom. The second-order valence-corrected chi connectivity index (χ2v) is 7.20. The molecular formula is C18H26N6O2. The average molecular weight is 358 g/mol. The van der Waals surface area contributed by atoms with Gasteiger partial charge in [0, 0.05) is 44.8 Å². The molecule has 0 spiro atoms. The van der Waals surface area contributed by atoms with Crippen LogP contribution in [-0.4, -0.2) is 63.8 Å². The summed E-state index contributed by atoms with van der Waals surface area (Å²) in [7, 11) is 0. The molecule has 0 saturated carbocycles. The van der Waals surface area contributed by atoms with Crippen LogP contribution in [0, 0.1) is 6.92 Å². The number of aromatic nitrogens is 3. The third-order valence-electron chi connectivity index (χ3n) is 5.28. The Morgan fingerprint density at radius 3 is 2.85 bits per heavy atom. The van der Waals surface area contributed by atoms with Gasteiger partial charge in [0.1, 0.15) is 5.76 Å². The first-order valence-electron chi connectivity index (χ1n) is 9.41. The van der Waals surface area contributed by atoms with E-state index in [0.717, 1.165) is 62.8 Å². The zero-order chi connectivity index (χ0) is 17.9. The lowest BCUT2D eigenvalue weighted by atomic mass is 9.99. The van der Waals surface area contributed by atoms with Gasteiger partial charge in [-0.25, -0.2) is 0 Å². The topological polar surface area (TPSA) is 90.3 Å². The highest BCUT2D eigenvalue weighted by Gasteiger charge is 2.28. The van der Waals surface area contributed by atoms with Crippen molar-refractivity contribution >= 4 is 5.91 Å². The van der Waals surface area contributed by atoms with Crippen LogP contribution in [0.3, 0.4) is 0 Å². The van der Waals surface area contributed by atoms with E-state index in [1.165, 1.54) is 12.8 Å². The minimum atomic E-state index is 0.0815. The van der Waals surface area contributed by atoms with Crippen molar-refractivity contribution in [3.63, 3.8) is 0 Å². The number of hydrogen-bond donors (Lipinski definition) is 2. The van der Waals surface area contributed by atoms with Gasteiger partial charge < -0.3 is 14.7 Å². The summed E-state index contributed by atoms with van der Waals surface area (Å²) >= 11 is 0. The van der Waals surface area contributed by atoms with E-state index in [-0.39, 0.29) is 11.9 Å². The van der Waals surface area contributed by atoms with Gasteiger partial charge in [-0.1, -0.05) is 11.6 Å². The molecule has 2 saturated heterocycles. The quantitative estimate of drug-likeness (QED) is 0.860. The van der Waals surface area contributed by atoms with E-state index >= 15 is 0 Å². The maximum Gasteiger partial charge on any atom is 0.257 e. The van der Waals surface area contributed by atoms with Gasteiger partial charge >= 0.3 is 0 Å². The number of aryl methyl sites for hydroxylation is 1. The van der Waals surface area contributed by atoms with Gasteiger partial charge in [-0.3, -0.25) is 14.8 Å². The molecule has 2 fully saturated rings. The third kappa shape index (κ3) is 3.66. The molecule has 1 atom stereocenters. The SMILES string of the molecule is Cc1cc(CN2CCN(C(=O)c3cn[nH]c3C3CCCCN3)CC2)no1. The highest BCUT2D eigenvalue weighted by Crippen LogP contribution is 2.25. The molecule has 2 aromatic heterocycles. The molecule has 1 amide bonds. The zero-order valence-corrected chi connectivity index (χ0v) is 15.2. The minimum absolute atomic E-state index is 0.0815. The molecule has 2 aromatic rings. The summed E-state index contributed by atoms with van der Waals surface area (Å²) in [6.07, 6.45) is 5.11. The summed E-state index contributed by atoms with van der Waals surface area (Å²) in [5.41, 5.74) is 2.60. The number of carbonyl (C=O) groups is 1. The van der Waals surface area contributed by atoms with Gasteiger partial charge in [0.15, 0.2) is 0 Å². The Morgan fingerprint density at radius 2 is 2.15 bits per heavy atom. The molecule has 8 nitrogen and oxygen atoms in total. The average Bonchev–Trinajstić information content (AvgIpc) is 3.32. The van der Waals surface area contributed by atoms with Crippen LogP contribution >= 0.6 is 0 Å². The molecule has 4 heterocycles. The summed E-state index contributed by atoms with van der Waals surface area (Å²) in [5, 5.41) is 14.7. The Bertz CT molecular complexity index is 740. The van der Waals surface area contributed by atoms with Crippen LogP contribution in [0.4, 0.5) is 0 Å². The smallest absolute Gasteiger partial charge is 0.257 e. The molecule has 1 unspecified atom stereocenters. The minimum Gasteiger partial charge on any atom is -0.361 e. The number of carbonyl (C=O) groups excluding carboxylic acids is 1. The van der Waals surface area contributed by atoms with Crippen molar-refractivity contribution in [2.24, 2.45) is 0 Å². The monoisotopic (exact) mass is 358 g/mol. The number of aromatic amines is 1. The van der Waals surface area contributed by atoms with Gasteiger partial charge in [0.2, 0.25) is 0 Å². The Hall–Kier alpha value is -2.19. The Kier molecular flexibility index (Phi) is 5.03. The van der Waals surface area contributed by atoms with Gasteiger partial charge in [-0.05, 0) is 26.3 Å². The van der Waals surface area contributed by atoms with E-state index in [0.29, 0.717) is 5.56 Å². The molecule has 140 valence electrons. The Labute approximate surface area is 152 Å². The maximum absolute atomic E-state index is 13.0. The Balaban J connectivity index is 1.36. The van der Waals surface area contributed by atoms with Crippen LogP contribution in [0.25, 0.3) is 0 Å². The molecule has 2 aliphatic heterocycles. The van der Waals surface area contributed by atoms with Crippen LogP contribution in [-0.2, 0) is 6.54 Å². The van der Waals surface area contributed by atoms with E-state index in [1.54, 1.807) is 6.20 Å². The molecule has 8 heteroatoms. The summed E-state index contributed by atoms with van der Waals surface area (Å²) in [6.45, 7) is 6.78. The summed E-state index contributed by atoms with van der Waals surface area (Å²) in [5.74, 6) is 0.913. The van der Waals surface area contributed by atoms with E-state index in [2.05, 4.69) is 25.6 Å². The standard InChI is InChI=1S/C18H26N6O2/c1-13-10-14(22-26-13)12-23-6-8-24(9-7-23)18(25)15-11-20-21-17(15)16-4-2-3-5-19-16/h10-11,16,19H,2-9,12H2,1H3,(H,20,21). The molecule has 0 bridgehead atoms. The number of piperazine rings is 1. The third-order valence-corrected chi connectivity index (χ3v) is 5.28. The van der Waals surface area contributed by atoms with Crippen LogP contribution in [0.1, 0.15) is 52.8 Å². The molecule has 0 radical (unpaired) electrons. The number of piperidine rings is 1. The fraction of sp³-hybridized carbons (Fsp3) is 0.611. The fourth-order valence-electron chi connectivity index (χ4n) is 3.83. The normalized spacial score (nSPS) is 21.9. The summed E-state index contributed by atoms with van der Waals surface area (Å²) < 4.78 is 5.13. The molecular weight excluding hydrogens is 332 g/mol. The second-order valence-electron chi connectivity index (χ2n) is 7.20. The fourth-order valence-corrected chi connectivity index (χ4v) is 3.83. The lowest BCUT2D eigenvalue weighted by Gasteiger charge is -2.34. The maximum atomic E-state index is 13.0. The second kappa shape index (κ2) is 7.59. The number of hydrogen-bond acceptors (Lipinski definition) is 6. The van der Waals surface area contributed by atoms with Gasteiger partial charge in [-0.15, -0.1) is 0 Å². The van der Waals surface area contributed by atoms with Crippen LogP contribution in [0.15, 0.2) is 16.8 Å². The van der Waals surface area contributed by atoms with Gasteiger partial charge in [0.05, 0.1) is 23.1 Å². The molecule has 2 aliphatic rings. The highest BCUT2D eigenvalue weighted by atomic mass is 16.5. The molecule has 0 aliphatic carbocycles. The summed E-state index contributed by atoms with van der Waals surface area (Å²) in [4.78, 5) is 17.2. The van der Waals surface area contributed by atoms with Crippen LogP contribution in [0.5, 0.6) is 0 Å². The lowest BCUT2D eigenvalue weighted by molar-refractivity contribution is 0.0623. The van der Waals surface area contributed by atoms with Crippen molar-refractivity contribution in [2.75, 3.05) is 32.7 Å². The number of nitrogens with zero attached hydrogens (tertiary/aromatic N) is 4. The van der Waals surface area contributed by atoms with Crippen molar-refractivity contribution in [1.29, 1.82) is 0 Å². The van der Waals surface area contributed by atoms with Crippen molar-refractivity contribution in [1.82, 2.24) is 30.5 Å². The molecule has 0 aromatic carbocycles. The number of amides is 1. The van der Waals surface area contributed by atoms with Crippen molar-refractivity contribution < 1.29 is 9.32 Å². The molecule has 4 rings (SSSR count). The van der Waals surface area contributed by atoms with Crippen LogP contribution in [0.2, 0.25) is 0 Å². The van der Waals surface area contributed by atoms with E-state index in [4.69, 9.17) is 4.52 Å². The lowest BCUT2D eigenvalue weighted by Crippen LogP contribution is -2.48. The molecule has 26 heavy (non-hydrogen) atoms. The molecule has 2 N–H and O–H groups in total. The van der Waals surface area contributed by atoms with E-state index in [1.807, 2.05) is 17.9 Å². The van der Waals surface area contributed by atoms with Crippen molar-refractivity contribution in [3.8, 4) is 0 Å². The zero-order valence-electron chi connectivity index (χ0n) is 15.2. The summed E-state index contributed by atoms with van der Waals surface area (Å²) in [6, 6.07) is 2.17. The van der Waals surface area contributed by atoms with Gasteiger partial charge in [-0.2, -0.15) is 5.10 Å². The van der Waals surface area contributed by atoms with E-state index in [9.17, 15) is 4.79 Å². The first-order chi connectivity index (χ1) is 12.7.